The Bertz CT molecular complexity index is 979. The number of fused-ring (bicyclic) bond motifs is 1. The number of nitriles is 1. The molecule has 4 rings (SSSR count). The van der Waals surface area contributed by atoms with Gasteiger partial charge in [-0.05, 0) is 48.3 Å². The first-order valence-corrected chi connectivity index (χ1v) is 12.6. The maximum Gasteiger partial charge on any atom is 0.401 e. The van der Waals surface area contributed by atoms with E-state index in [9.17, 15) is 32.8 Å². The average Bonchev–Trinajstić information content (AvgIpc) is 3.45. The van der Waals surface area contributed by atoms with Gasteiger partial charge in [0.15, 0.2) is 0 Å². The van der Waals surface area contributed by atoms with Crippen LogP contribution < -0.4 is 16.0 Å². The Balaban J connectivity index is 1.48. The monoisotopic (exact) mass is 511 g/mol. The molecule has 4 fully saturated rings. The van der Waals surface area contributed by atoms with E-state index < -0.39 is 48.1 Å². The molecule has 2 saturated heterocycles. The molecule has 0 aromatic rings. The molecule has 3 N–H and O–H groups in total. The number of hydrogen-bond donors (Lipinski definition) is 3. The van der Waals surface area contributed by atoms with Crippen molar-refractivity contribution < 1.29 is 27.6 Å². The number of nitrogens with one attached hydrogen (secondary N) is 3. The third kappa shape index (κ3) is 5.06. The minimum absolute atomic E-state index is 0.0521. The van der Waals surface area contributed by atoms with E-state index in [0.29, 0.717) is 6.42 Å². The van der Waals surface area contributed by atoms with Crippen LogP contribution in [0.5, 0.6) is 0 Å². The quantitative estimate of drug-likeness (QED) is 0.485. The van der Waals surface area contributed by atoms with Crippen molar-refractivity contribution in [3.05, 3.63) is 0 Å². The molecule has 0 aromatic heterocycles. The predicted octanol–water partition coefficient (Wildman–Crippen LogP) is 2.10. The van der Waals surface area contributed by atoms with Crippen molar-refractivity contribution in [3.8, 4) is 6.07 Å². The van der Waals surface area contributed by atoms with Crippen molar-refractivity contribution in [2.45, 2.75) is 90.1 Å². The van der Waals surface area contributed by atoms with Gasteiger partial charge in [0.2, 0.25) is 17.7 Å². The van der Waals surface area contributed by atoms with Crippen LogP contribution in [0.1, 0.15) is 60.3 Å². The highest BCUT2D eigenvalue weighted by Crippen LogP contribution is 2.65. The first-order valence-electron chi connectivity index (χ1n) is 12.6. The molecule has 36 heavy (non-hydrogen) atoms. The molecule has 6 atom stereocenters. The van der Waals surface area contributed by atoms with Gasteiger partial charge >= 0.3 is 6.18 Å². The largest absolute Gasteiger partial charge is 0.401 e. The van der Waals surface area contributed by atoms with Gasteiger partial charge in [-0.3, -0.25) is 19.7 Å². The Hall–Kier alpha value is -2.35. The molecule has 200 valence electrons. The minimum atomic E-state index is -4.48. The summed E-state index contributed by atoms with van der Waals surface area (Å²) < 4.78 is 38.8. The fourth-order valence-corrected chi connectivity index (χ4v) is 6.30. The van der Waals surface area contributed by atoms with Crippen molar-refractivity contribution in [2.75, 3.05) is 13.1 Å². The van der Waals surface area contributed by atoms with Crippen LogP contribution in [-0.2, 0) is 14.4 Å². The number of rotatable bonds is 7. The number of carbonyl (C=O) groups is 3. The molecular weight excluding hydrogens is 475 g/mol. The molecule has 2 heterocycles. The molecule has 2 saturated carbocycles. The van der Waals surface area contributed by atoms with Gasteiger partial charge in [0.1, 0.15) is 12.1 Å². The number of nitrogens with zero attached hydrogens (tertiary/aromatic N) is 2. The van der Waals surface area contributed by atoms with Crippen LogP contribution in [0.4, 0.5) is 13.2 Å². The van der Waals surface area contributed by atoms with E-state index in [2.05, 4.69) is 22.0 Å². The van der Waals surface area contributed by atoms with E-state index in [1.54, 1.807) is 20.8 Å². The summed E-state index contributed by atoms with van der Waals surface area (Å²) in [7, 11) is 0. The molecule has 0 bridgehead atoms. The van der Waals surface area contributed by atoms with E-state index in [-0.39, 0.29) is 47.6 Å². The second-order valence-electron chi connectivity index (χ2n) is 12.8. The number of halogens is 3. The lowest BCUT2D eigenvalue weighted by atomic mass is 9.85. The van der Waals surface area contributed by atoms with Crippen LogP contribution in [0, 0.1) is 39.9 Å². The van der Waals surface area contributed by atoms with Gasteiger partial charge in [-0.15, -0.1) is 0 Å². The van der Waals surface area contributed by atoms with Gasteiger partial charge in [-0.25, -0.2) is 0 Å². The zero-order valence-electron chi connectivity index (χ0n) is 21.5. The van der Waals surface area contributed by atoms with Crippen molar-refractivity contribution in [2.24, 2.45) is 28.6 Å². The third-order valence-corrected chi connectivity index (χ3v) is 8.62. The zero-order valence-corrected chi connectivity index (χ0v) is 21.5. The van der Waals surface area contributed by atoms with Gasteiger partial charge in [-0.2, -0.15) is 18.4 Å². The molecule has 8 nitrogen and oxygen atoms in total. The molecule has 3 amide bonds. The number of hydrogen-bond acceptors (Lipinski definition) is 5. The number of piperidine rings is 1. The van der Waals surface area contributed by atoms with E-state index in [1.165, 1.54) is 4.90 Å². The Morgan fingerprint density at radius 2 is 1.89 bits per heavy atom. The first kappa shape index (κ1) is 26.7. The summed E-state index contributed by atoms with van der Waals surface area (Å²) in [5.41, 5.74) is -1.16. The molecule has 1 spiro atoms. The lowest BCUT2D eigenvalue weighted by Gasteiger charge is -2.38. The molecule has 0 radical (unpaired) electrons. The van der Waals surface area contributed by atoms with E-state index in [0.717, 1.165) is 12.8 Å². The molecule has 2 aliphatic heterocycles. The van der Waals surface area contributed by atoms with E-state index in [1.807, 2.05) is 13.8 Å². The van der Waals surface area contributed by atoms with Crippen molar-refractivity contribution in [1.29, 1.82) is 5.26 Å². The Morgan fingerprint density at radius 1 is 1.25 bits per heavy atom. The van der Waals surface area contributed by atoms with Crippen molar-refractivity contribution in [1.82, 2.24) is 20.9 Å². The lowest BCUT2D eigenvalue weighted by molar-refractivity contribution is -0.147. The second-order valence-corrected chi connectivity index (χ2v) is 12.8. The summed E-state index contributed by atoms with van der Waals surface area (Å²) in [5.74, 6) is -1.59. The van der Waals surface area contributed by atoms with Gasteiger partial charge < -0.3 is 15.5 Å². The third-order valence-electron chi connectivity index (χ3n) is 8.62. The lowest BCUT2D eigenvalue weighted by Crippen LogP contribution is -2.59. The highest BCUT2D eigenvalue weighted by Gasteiger charge is 2.69. The average molecular weight is 512 g/mol. The topological polar surface area (TPSA) is 114 Å². The number of amides is 3. The zero-order chi connectivity index (χ0) is 26.8. The van der Waals surface area contributed by atoms with Crippen LogP contribution in [0.2, 0.25) is 0 Å². The molecular formula is C25H36F3N5O3. The molecule has 4 aliphatic rings. The smallest absolute Gasteiger partial charge is 0.350 e. The number of carbonyl (C=O) groups excluding carboxylic acids is 3. The van der Waals surface area contributed by atoms with Crippen molar-refractivity contribution >= 4 is 17.7 Å². The van der Waals surface area contributed by atoms with Gasteiger partial charge in [0, 0.05) is 18.0 Å². The summed E-state index contributed by atoms with van der Waals surface area (Å²) in [6.45, 7) is 8.02. The normalized spacial score (nSPS) is 31.3. The van der Waals surface area contributed by atoms with Crippen LogP contribution >= 0.6 is 0 Å². The highest BCUT2D eigenvalue weighted by molar-refractivity contribution is 5.92. The van der Waals surface area contributed by atoms with Crippen LogP contribution in [0.3, 0.4) is 0 Å². The first-order chi connectivity index (χ1) is 16.5. The Labute approximate surface area is 209 Å². The number of alkyl halides is 3. The molecule has 2 aliphatic carbocycles. The van der Waals surface area contributed by atoms with Crippen LogP contribution in [0.25, 0.3) is 0 Å². The SMILES string of the molecule is CC1(C)C2CN(C(=O)[C@@H](NCC(F)(F)F)C(C)(C)C)C(C(=O)N[C@H](C#N)C[C@@H]3CC4(CC4)NC3=O)C21. The predicted molar refractivity (Wildman–Crippen MR) is 124 cm³/mol. The maximum absolute atomic E-state index is 13.6. The Kier molecular flexibility index (Phi) is 6.38. The summed E-state index contributed by atoms with van der Waals surface area (Å²) >= 11 is 0. The minimum Gasteiger partial charge on any atom is -0.350 e. The number of likely N-dealkylation sites (tertiary alicyclic amines) is 1. The van der Waals surface area contributed by atoms with E-state index >= 15 is 0 Å². The summed E-state index contributed by atoms with van der Waals surface area (Å²) in [4.78, 5) is 40.8. The highest BCUT2D eigenvalue weighted by atomic mass is 19.4. The maximum atomic E-state index is 13.6. The second kappa shape index (κ2) is 8.61. The summed E-state index contributed by atoms with van der Waals surface area (Å²) in [5, 5.41) is 17.8. The van der Waals surface area contributed by atoms with Gasteiger partial charge in [-0.1, -0.05) is 34.6 Å². The van der Waals surface area contributed by atoms with Gasteiger partial charge in [0.05, 0.1) is 18.7 Å². The van der Waals surface area contributed by atoms with Crippen LogP contribution in [-0.4, -0.2) is 65.6 Å². The van der Waals surface area contributed by atoms with Crippen LogP contribution in [0.15, 0.2) is 0 Å². The fourth-order valence-electron chi connectivity index (χ4n) is 6.30. The molecule has 0 aromatic carbocycles. The molecule has 3 unspecified atom stereocenters. The van der Waals surface area contributed by atoms with Crippen molar-refractivity contribution in [3.63, 3.8) is 0 Å². The van der Waals surface area contributed by atoms with Gasteiger partial charge in [0.25, 0.3) is 0 Å². The standard InChI is InChI=1S/C25H36F3N5O3/c1-22(2,3)18(30-12-25(26,27)28)21(36)33-11-15-16(23(15,4)5)17(33)20(35)31-14(10-29)8-13-9-24(6-7-24)32-19(13)34/h13-18,30H,6-9,11-12H2,1-5H3,(H,31,35)(H,32,34)/t13-,14+,15?,16?,17?,18-/m1/s1. The molecule has 11 heteroatoms. The summed E-state index contributed by atoms with van der Waals surface area (Å²) in [6.07, 6.45) is -1.81. The van der Waals surface area contributed by atoms with E-state index in [4.69, 9.17) is 0 Å². The Morgan fingerprint density at radius 3 is 2.39 bits per heavy atom. The fraction of sp³-hybridized carbons (Fsp3) is 0.840. The summed E-state index contributed by atoms with van der Waals surface area (Å²) in [6, 6.07) is -0.842.